The van der Waals surface area contributed by atoms with Crippen molar-refractivity contribution >= 4 is 27.5 Å². The van der Waals surface area contributed by atoms with Crippen molar-refractivity contribution < 1.29 is 17.6 Å². The molecule has 0 saturated heterocycles. The van der Waals surface area contributed by atoms with Crippen molar-refractivity contribution in [1.82, 2.24) is 14.5 Å². The number of benzene rings is 2. The Morgan fingerprint density at radius 1 is 1.04 bits per heavy atom. The zero-order valence-electron chi connectivity index (χ0n) is 12.6. The number of rotatable bonds is 3. The zero-order valence-corrected chi connectivity index (χ0v) is 14.2. The Balaban J connectivity index is 1.64. The smallest absolute Gasteiger partial charge is 0.269 e. The first kappa shape index (κ1) is 15.8. The van der Waals surface area contributed by atoms with Gasteiger partial charge in [0.25, 0.3) is 15.9 Å². The quantitative estimate of drug-likeness (QED) is 0.698. The van der Waals surface area contributed by atoms with Gasteiger partial charge in [-0.05, 0) is 36.4 Å². The maximum Gasteiger partial charge on any atom is 0.269 e. The summed E-state index contributed by atoms with van der Waals surface area (Å²) in [6.07, 6.45) is 0. The van der Waals surface area contributed by atoms with Gasteiger partial charge in [-0.1, -0.05) is 23.7 Å². The van der Waals surface area contributed by atoms with Crippen LogP contribution in [0.1, 0.15) is 16.2 Å². The highest BCUT2D eigenvalue weighted by Crippen LogP contribution is 2.31. The lowest BCUT2D eigenvalue weighted by Crippen LogP contribution is -2.29. The molecule has 0 saturated carbocycles. The summed E-state index contributed by atoms with van der Waals surface area (Å²) in [6.45, 7) is -0.323. The van der Waals surface area contributed by atoms with Crippen molar-refractivity contribution in [2.45, 2.75) is 11.4 Å². The summed E-state index contributed by atoms with van der Waals surface area (Å²) in [6, 6.07) is 12.8. The van der Waals surface area contributed by atoms with Crippen molar-refractivity contribution in [3.05, 3.63) is 65.0 Å². The minimum absolute atomic E-state index is 0.0163. The van der Waals surface area contributed by atoms with Crippen molar-refractivity contribution in [3.8, 4) is 11.5 Å². The molecular formula is C16H10ClN3O4S. The molecule has 0 fully saturated rings. The first-order chi connectivity index (χ1) is 12.0. The van der Waals surface area contributed by atoms with Gasteiger partial charge in [0.1, 0.15) is 11.4 Å². The number of nitrogens with zero attached hydrogens (tertiary/aromatic N) is 3. The number of hydrogen-bond donors (Lipinski definition) is 0. The van der Waals surface area contributed by atoms with Gasteiger partial charge in [-0.2, -0.15) is 0 Å². The molecular weight excluding hydrogens is 366 g/mol. The summed E-state index contributed by atoms with van der Waals surface area (Å²) in [5.41, 5.74) is 0.780. The van der Waals surface area contributed by atoms with Gasteiger partial charge >= 0.3 is 0 Å². The Hall–Kier alpha value is -2.71. The third-order valence-corrected chi connectivity index (χ3v) is 5.79. The predicted molar refractivity (Wildman–Crippen MR) is 88.2 cm³/mol. The number of carbonyl (C=O) groups excluding carboxylic acids is 1. The van der Waals surface area contributed by atoms with E-state index in [9.17, 15) is 13.2 Å². The third kappa shape index (κ3) is 2.59. The predicted octanol–water partition coefficient (Wildman–Crippen LogP) is 2.73. The summed E-state index contributed by atoms with van der Waals surface area (Å²) in [7, 11) is -3.92. The van der Waals surface area contributed by atoms with Crippen LogP contribution < -0.4 is 0 Å². The summed E-state index contributed by atoms with van der Waals surface area (Å²) >= 11 is 5.83. The molecule has 9 heteroatoms. The lowest BCUT2D eigenvalue weighted by atomic mass is 10.2. The molecule has 3 aromatic rings. The van der Waals surface area contributed by atoms with Gasteiger partial charge < -0.3 is 4.42 Å². The van der Waals surface area contributed by atoms with Crippen LogP contribution in [0.25, 0.3) is 11.5 Å². The van der Waals surface area contributed by atoms with E-state index in [1.165, 1.54) is 12.1 Å². The lowest BCUT2D eigenvalue weighted by Gasteiger charge is -2.11. The molecule has 1 aromatic heterocycles. The van der Waals surface area contributed by atoms with Crippen LogP contribution in [0.4, 0.5) is 0 Å². The van der Waals surface area contributed by atoms with Gasteiger partial charge in [0.2, 0.25) is 11.8 Å². The third-order valence-electron chi connectivity index (χ3n) is 3.75. The fourth-order valence-corrected chi connectivity index (χ4v) is 4.18. The fourth-order valence-electron chi connectivity index (χ4n) is 2.54. The van der Waals surface area contributed by atoms with Gasteiger partial charge in [-0.15, -0.1) is 10.2 Å². The fraction of sp³-hybridized carbons (Fsp3) is 0.0625. The van der Waals surface area contributed by atoms with E-state index < -0.39 is 15.9 Å². The Morgan fingerprint density at radius 2 is 1.76 bits per heavy atom. The number of amides is 1. The van der Waals surface area contributed by atoms with Crippen LogP contribution in [0.15, 0.2) is 57.8 Å². The molecule has 0 atom stereocenters. The molecule has 1 aliphatic heterocycles. The van der Waals surface area contributed by atoms with E-state index in [1.54, 1.807) is 36.4 Å². The number of carbonyl (C=O) groups is 1. The summed E-state index contributed by atoms with van der Waals surface area (Å²) in [4.78, 5) is 12.4. The molecule has 1 aliphatic rings. The maximum atomic E-state index is 12.5. The van der Waals surface area contributed by atoms with Gasteiger partial charge in [-0.25, -0.2) is 12.7 Å². The molecule has 4 rings (SSSR count). The minimum Gasteiger partial charge on any atom is -0.419 e. The van der Waals surface area contributed by atoms with E-state index in [-0.39, 0.29) is 28.8 Å². The molecule has 7 nitrogen and oxygen atoms in total. The van der Waals surface area contributed by atoms with Crippen LogP contribution >= 0.6 is 11.6 Å². The molecule has 0 bridgehead atoms. The number of fused-ring (bicyclic) bond motifs is 1. The number of aromatic nitrogens is 2. The second-order valence-corrected chi connectivity index (χ2v) is 7.59. The Bertz CT molecular complexity index is 1080. The van der Waals surface area contributed by atoms with Crippen LogP contribution in [0.2, 0.25) is 5.02 Å². The first-order valence-corrected chi connectivity index (χ1v) is 9.03. The maximum absolute atomic E-state index is 12.5. The second-order valence-electron chi connectivity index (χ2n) is 5.32. The molecule has 0 spiro atoms. The normalized spacial score (nSPS) is 15.4. The van der Waals surface area contributed by atoms with Gasteiger partial charge in [-0.3, -0.25) is 4.79 Å². The van der Waals surface area contributed by atoms with E-state index >= 15 is 0 Å². The molecule has 2 heterocycles. The highest BCUT2D eigenvalue weighted by atomic mass is 35.5. The molecule has 0 aliphatic carbocycles. The van der Waals surface area contributed by atoms with Crippen molar-refractivity contribution in [3.63, 3.8) is 0 Å². The molecule has 25 heavy (non-hydrogen) atoms. The van der Waals surface area contributed by atoms with Crippen LogP contribution in [-0.2, 0) is 16.6 Å². The van der Waals surface area contributed by atoms with Crippen LogP contribution in [0, 0.1) is 0 Å². The average Bonchev–Trinajstić information content (AvgIpc) is 3.14. The highest BCUT2D eigenvalue weighted by Gasteiger charge is 2.41. The topological polar surface area (TPSA) is 93.4 Å². The first-order valence-electron chi connectivity index (χ1n) is 7.21. The standard InChI is InChI=1S/C16H10ClN3O4S/c17-11-7-5-10(6-8-11)15-19-18-14(24-15)9-20-16(21)12-3-1-2-4-13(12)25(20,22)23/h1-8H,9H2. The minimum atomic E-state index is -3.92. The van der Waals surface area contributed by atoms with Crippen LogP contribution in [0.5, 0.6) is 0 Å². The summed E-state index contributed by atoms with van der Waals surface area (Å²) < 4.78 is 31.2. The molecule has 0 radical (unpaired) electrons. The number of sulfonamides is 1. The largest absolute Gasteiger partial charge is 0.419 e. The Kier molecular flexibility index (Phi) is 3.59. The van der Waals surface area contributed by atoms with Crippen LogP contribution in [0.3, 0.4) is 0 Å². The Morgan fingerprint density at radius 3 is 2.48 bits per heavy atom. The van der Waals surface area contributed by atoms with E-state index in [4.69, 9.17) is 16.0 Å². The number of halogens is 1. The van der Waals surface area contributed by atoms with Gasteiger partial charge in [0.05, 0.1) is 5.56 Å². The van der Waals surface area contributed by atoms with E-state index in [2.05, 4.69) is 10.2 Å². The van der Waals surface area contributed by atoms with Gasteiger partial charge in [0.15, 0.2) is 0 Å². The van der Waals surface area contributed by atoms with E-state index in [0.717, 1.165) is 4.31 Å². The highest BCUT2D eigenvalue weighted by molar-refractivity contribution is 7.90. The zero-order chi connectivity index (χ0) is 17.6. The molecule has 2 aromatic carbocycles. The van der Waals surface area contributed by atoms with E-state index in [0.29, 0.717) is 10.6 Å². The number of hydrogen-bond acceptors (Lipinski definition) is 6. The van der Waals surface area contributed by atoms with Crippen LogP contribution in [-0.4, -0.2) is 28.8 Å². The SMILES string of the molecule is O=C1c2ccccc2S(=O)(=O)N1Cc1nnc(-c2ccc(Cl)cc2)o1. The molecule has 1 amide bonds. The second kappa shape index (κ2) is 5.68. The summed E-state index contributed by atoms with van der Waals surface area (Å²) in [5.74, 6) is -0.371. The van der Waals surface area contributed by atoms with Crippen molar-refractivity contribution in [2.75, 3.05) is 0 Å². The molecule has 0 unspecified atom stereocenters. The van der Waals surface area contributed by atoms with E-state index in [1.807, 2.05) is 0 Å². The molecule has 126 valence electrons. The van der Waals surface area contributed by atoms with Crippen molar-refractivity contribution in [1.29, 1.82) is 0 Å². The monoisotopic (exact) mass is 375 g/mol. The average molecular weight is 376 g/mol. The molecule has 0 N–H and O–H groups in total. The van der Waals surface area contributed by atoms with Crippen molar-refractivity contribution in [2.24, 2.45) is 0 Å². The Labute approximate surface area is 147 Å². The summed E-state index contributed by atoms with van der Waals surface area (Å²) in [5, 5.41) is 8.29. The van der Waals surface area contributed by atoms with Gasteiger partial charge in [0, 0.05) is 10.6 Å². The lowest BCUT2D eigenvalue weighted by molar-refractivity contribution is 0.0857.